The summed E-state index contributed by atoms with van der Waals surface area (Å²) in [5.74, 6) is 1.05. The number of nitrogens with one attached hydrogen (secondary N) is 1. The van der Waals surface area contributed by atoms with E-state index in [2.05, 4.69) is 15.3 Å². The molecular formula is C15H15N3O3S2. The molecule has 2 heterocycles. The van der Waals surface area contributed by atoms with Crippen molar-refractivity contribution in [1.29, 1.82) is 0 Å². The Morgan fingerprint density at radius 3 is 2.39 bits per heavy atom. The van der Waals surface area contributed by atoms with E-state index in [-0.39, 0.29) is 5.91 Å². The smallest absolute Gasteiger partial charge is 0.269 e. The lowest BCUT2D eigenvalue weighted by atomic mass is 10.3. The average Bonchev–Trinajstić information content (AvgIpc) is 3.06. The number of thiazole rings is 2. The van der Waals surface area contributed by atoms with Gasteiger partial charge >= 0.3 is 0 Å². The molecule has 0 atom stereocenters. The van der Waals surface area contributed by atoms with Crippen LogP contribution in [0.5, 0.6) is 11.5 Å². The number of fused-ring (bicyclic) bond motifs is 1. The van der Waals surface area contributed by atoms with Gasteiger partial charge in [0.15, 0.2) is 16.6 Å². The molecule has 3 aromatic rings. The number of hydrogen-bond donors (Lipinski definition) is 1. The zero-order valence-corrected chi connectivity index (χ0v) is 14.7. The van der Waals surface area contributed by atoms with Crippen LogP contribution in [-0.4, -0.2) is 30.1 Å². The number of rotatable bonds is 4. The highest BCUT2D eigenvalue weighted by Crippen LogP contribution is 2.36. The third-order valence-electron chi connectivity index (χ3n) is 3.22. The van der Waals surface area contributed by atoms with Crippen molar-refractivity contribution >= 4 is 43.9 Å². The van der Waals surface area contributed by atoms with Crippen LogP contribution in [0, 0.1) is 13.8 Å². The van der Waals surface area contributed by atoms with Gasteiger partial charge in [0, 0.05) is 12.1 Å². The Hall–Kier alpha value is -2.19. The van der Waals surface area contributed by atoms with Gasteiger partial charge in [0.25, 0.3) is 5.91 Å². The lowest BCUT2D eigenvalue weighted by Crippen LogP contribution is -2.11. The second-order valence-corrected chi connectivity index (χ2v) is 7.03. The molecule has 0 radical (unpaired) electrons. The van der Waals surface area contributed by atoms with Gasteiger partial charge in [0.2, 0.25) is 0 Å². The predicted octanol–water partition coefficient (Wildman–Crippen LogP) is 3.64. The highest BCUT2D eigenvalue weighted by Gasteiger charge is 2.17. The van der Waals surface area contributed by atoms with Crippen LogP contribution < -0.4 is 14.8 Å². The topological polar surface area (TPSA) is 73.3 Å². The SMILES string of the molecule is COc1cc2nc(NC(=O)c3sc(C)nc3C)sc2cc1OC. The van der Waals surface area contributed by atoms with Crippen LogP contribution in [0.3, 0.4) is 0 Å². The van der Waals surface area contributed by atoms with Gasteiger partial charge < -0.3 is 9.47 Å². The third kappa shape index (κ3) is 2.99. The molecular weight excluding hydrogens is 334 g/mol. The second kappa shape index (κ2) is 6.13. The van der Waals surface area contributed by atoms with Gasteiger partial charge in [-0.25, -0.2) is 9.97 Å². The molecule has 23 heavy (non-hydrogen) atoms. The van der Waals surface area contributed by atoms with Crippen LogP contribution in [-0.2, 0) is 0 Å². The fraction of sp³-hybridized carbons (Fsp3) is 0.267. The first-order valence-electron chi connectivity index (χ1n) is 6.79. The number of anilines is 1. The fourth-order valence-electron chi connectivity index (χ4n) is 2.20. The molecule has 0 bridgehead atoms. The van der Waals surface area contributed by atoms with Crippen LogP contribution in [0.25, 0.3) is 10.2 Å². The molecule has 0 aliphatic rings. The minimum atomic E-state index is -0.189. The maximum atomic E-state index is 12.3. The van der Waals surface area contributed by atoms with Crippen LogP contribution in [0.4, 0.5) is 5.13 Å². The molecule has 0 spiro atoms. The predicted molar refractivity (Wildman–Crippen MR) is 92.3 cm³/mol. The Bertz CT molecular complexity index is 845. The minimum absolute atomic E-state index is 0.189. The van der Waals surface area contributed by atoms with Gasteiger partial charge in [-0.1, -0.05) is 11.3 Å². The molecule has 120 valence electrons. The van der Waals surface area contributed by atoms with Gasteiger partial charge in [-0.2, -0.15) is 0 Å². The summed E-state index contributed by atoms with van der Waals surface area (Å²) in [5.41, 5.74) is 1.48. The van der Waals surface area contributed by atoms with Crippen molar-refractivity contribution in [3.05, 3.63) is 27.7 Å². The molecule has 6 nitrogen and oxygen atoms in total. The molecule has 0 saturated heterocycles. The lowest BCUT2D eigenvalue weighted by Gasteiger charge is -2.05. The average molecular weight is 349 g/mol. The summed E-state index contributed by atoms with van der Waals surface area (Å²) in [5, 5.41) is 4.23. The monoisotopic (exact) mass is 349 g/mol. The molecule has 0 saturated carbocycles. The molecule has 1 N–H and O–H groups in total. The number of ether oxygens (including phenoxy) is 2. The zero-order valence-electron chi connectivity index (χ0n) is 13.1. The molecule has 0 fully saturated rings. The number of aromatic nitrogens is 2. The molecule has 1 amide bonds. The third-order valence-corrected chi connectivity index (χ3v) is 5.23. The van der Waals surface area contributed by atoms with E-state index in [0.29, 0.717) is 21.5 Å². The normalized spacial score (nSPS) is 10.8. The first-order chi connectivity index (χ1) is 11.0. The second-order valence-electron chi connectivity index (χ2n) is 4.80. The van der Waals surface area contributed by atoms with Crippen molar-refractivity contribution in [1.82, 2.24) is 9.97 Å². The van der Waals surface area contributed by atoms with Crippen molar-refractivity contribution in [3.63, 3.8) is 0 Å². The molecule has 0 aliphatic heterocycles. The lowest BCUT2D eigenvalue weighted by molar-refractivity contribution is 0.103. The highest BCUT2D eigenvalue weighted by molar-refractivity contribution is 7.22. The zero-order chi connectivity index (χ0) is 16.6. The number of amides is 1. The van der Waals surface area contributed by atoms with E-state index in [0.717, 1.165) is 20.9 Å². The number of carbonyl (C=O) groups excluding carboxylic acids is 1. The Balaban J connectivity index is 1.91. The first kappa shape index (κ1) is 15.7. The van der Waals surface area contributed by atoms with Gasteiger partial charge in [0.05, 0.1) is 35.1 Å². The first-order valence-corrected chi connectivity index (χ1v) is 8.43. The Morgan fingerprint density at radius 2 is 1.78 bits per heavy atom. The Labute approximate surface area is 141 Å². The number of methoxy groups -OCH3 is 2. The summed E-state index contributed by atoms with van der Waals surface area (Å²) in [6, 6.07) is 3.64. The number of aryl methyl sites for hydroxylation is 2. The summed E-state index contributed by atoms with van der Waals surface area (Å²) in [4.78, 5) is 21.7. The van der Waals surface area contributed by atoms with Gasteiger partial charge in [-0.3, -0.25) is 10.1 Å². The van der Waals surface area contributed by atoms with Crippen molar-refractivity contribution < 1.29 is 14.3 Å². The number of nitrogens with zero attached hydrogens (tertiary/aromatic N) is 2. The van der Waals surface area contributed by atoms with E-state index < -0.39 is 0 Å². The quantitative estimate of drug-likeness (QED) is 0.778. The van der Waals surface area contributed by atoms with Crippen molar-refractivity contribution in [3.8, 4) is 11.5 Å². The molecule has 2 aromatic heterocycles. The van der Waals surface area contributed by atoms with Gasteiger partial charge in [-0.05, 0) is 13.8 Å². The Morgan fingerprint density at radius 1 is 1.09 bits per heavy atom. The van der Waals surface area contributed by atoms with Crippen molar-refractivity contribution in [2.24, 2.45) is 0 Å². The van der Waals surface area contributed by atoms with E-state index in [1.54, 1.807) is 20.3 Å². The van der Waals surface area contributed by atoms with Gasteiger partial charge in [0.1, 0.15) is 4.88 Å². The van der Waals surface area contributed by atoms with Crippen LogP contribution in [0.1, 0.15) is 20.4 Å². The van der Waals surface area contributed by atoms with E-state index in [4.69, 9.17) is 9.47 Å². The van der Waals surface area contributed by atoms with Crippen molar-refractivity contribution in [2.75, 3.05) is 19.5 Å². The Kier molecular flexibility index (Phi) is 4.18. The van der Waals surface area contributed by atoms with Crippen LogP contribution >= 0.6 is 22.7 Å². The molecule has 0 aliphatic carbocycles. The molecule has 8 heteroatoms. The van der Waals surface area contributed by atoms with Crippen LogP contribution in [0.2, 0.25) is 0 Å². The van der Waals surface area contributed by atoms with Crippen LogP contribution in [0.15, 0.2) is 12.1 Å². The van der Waals surface area contributed by atoms with E-state index in [1.807, 2.05) is 19.9 Å². The van der Waals surface area contributed by atoms with E-state index >= 15 is 0 Å². The molecule has 0 unspecified atom stereocenters. The number of carbonyl (C=O) groups is 1. The molecule has 1 aromatic carbocycles. The summed E-state index contributed by atoms with van der Waals surface area (Å²) in [7, 11) is 3.16. The maximum Gasteiger partial charge on any atom is 0.269 e. The maximum absolute atomic E-state index is 12.3. The van der Waals surface area contributed by atoms with E-state index in [1.165, 1.54) is 22.7 Å². The fourth-order valence-corrected chi connectivity index (χ4v) is 3.89. The summed E-state index contributed by atoms with van der Waals surface area (Å²) in [6.07, 6.45) is 0. The molecule has 3 rings (SSSR count). The minimum Gasteiger partial charge on any atom is -0.493 e. The number of hydrogen-bond acceptors (Lipinski definition) is 7. The number of benzene rings is 1. The summed E-state index contributed by atoms with van der Waals surface area (Å²) in [6.45, 7) is 3.71. The summed E-state index contributed by atoms with van der Waals surface area (Å²) >= 11 is 2.76. The van der Waals surface area contributed by atoms with Crippen molar-refractivity contribution in [2.45, 2.75) is 13.8 Å². The van der Waals surface area contributed by atoms with E-state index in [9.17, 15) is 4.79 Å². The summed E-state index contributed by atoms with van der Waals surface area (Å²) < 4.78 is 11.5. The highest BCUT2D eigenvalue weighted by atomic mass is 32.1. The standard InChI is InChI=1S/C15H15N3O3S2/c1-7-13(22-8(2)16-7)14(19)18-15-17-9-5-10(20-3)11(21-4)6-12(9)23-15/h5-6H,1-4H3,(H,17,18,19). The largest absolute Gasteiger partial charge is 0.493 e. The van der Waals surface area contributed by atoms with Gasteiger partial charge in [-0.15, -0.1) is 11.3 Å².